The molecule has 0 amide bonds. The Balaban J connectivity index is 1.58. The van der Waals surface area contributed by atoms with Crippen LogP contribution in [0.4, 0.5) is 13.2 Å². The summed E-state index contributed by atoms with van der Waals surface area (Å²) >= 11 is 13.7. The number of thioether (sulfide) groups is 1. The van der Waals surface area contributed by atoms with E-state index in [4.69, 9.17) is 27.9 Å². The molecule has 1 aromatic heterocycles. The van der Waals surface area contributed by atoms with Gasteiger partial charge in [0.15, 0.2) is 11.0 Å². The lowest BCUT2D eigenvalue weighted by atomic mass is 10.2. The zero-order chi connectivity index (χ0) is 23.4. The molecule has 0 radical (unpaired) electrons. The average molecular weight is 510 g/mol. The van der Waals surface area contributed by atoms with E-state index in [9.17, 15) is 13.2 Å². The van der Waals surface area contributed by atoms with E-state index in [-0.39, 0.29) is 12.4 Å². The van der Waals surface area contributed by atoms with E-state index in [0.717, 1.165) is 23.4 Å². The second-order valence-corrected chi connectivity index (χ2v) is 8.69. The molecule has 0 aliphatic rings. The molecule has 4 rings (SSSR count). The van der Waals surface area contributed by atoms with Gasteiger partial charge in [-0.15, -0.1) is 10.2 Å². The SMILES string of the molecule is FC(F)(F)c1cccc(OCc2nnc(SCc3ccc(Cl)cc3Cl)n2-c2ccccc2)c1. The van der Waals surface area contributed by atoms with Crippen LogP contribution in [0.25, 0.3) is 5.69 Å². The van der Waals surface area contributed by atoms with E-state index >= 15 is 0 Å². The maximum absolute atomic E-state index is 13.0. The Bertz CT molecular complexity index is 1250. The minimum Gasteiger partial charge on any atom is -0.486 e. The molecule has 4 nitrogen and oxygen atoms in total. The molecule has 0 saturated heterocycles. The van der Waals surface area contributed by atoms with Gasteiger partial charge in [-0.1, -0.05) is 65.3 Å². The molecule has 0 aliphatic heterocycles. The molecule has 0 N–H and O–H groups in total. The smallest absolute Gasteiger partial charge is 0.416 e. The van der Waals surface area contributed by atoms with Crippen LogP contribution in [0.15, 0.2) is 78.0 Å². The molecule has 0 fully saturated rings. The highest BCUT2D eigenvalue weighted by Gasteiger charge is 2.30. The number of hydrogen-bond donors (Lipinski definition) is 0. The van der Waals surface area contributed by atoms with Crippen LogP contribution in [0.2, 0.25) is 10.0 Å². The number of rotatable bonds is 7. The molecule has 3 aromatic carbocycles. The summed E-state index contributed by atoms with van der Waals surface area (Å²) in [5, 5.41) is 10.2. The summed E-state index contributed by atoms with van der Waals surface area (Å²) in [6.07, 6.45) is -4.45. The van der Waals surface area contributed by atoms with E-state index in [2.05, 4.69) is 10.2 Å². The van der Waals surface area contributed by atoms with Crippen molar-refractivity contribution in [3.05, 3.63) is 99.8 Å². The van der Waals surface area contributed by atoms with Gasteiger partial charge in [-0.3, -0.25) is 4.57 Å². The van der Waals surface area contributed by atoms with E-state index in [1.54, 1.807) is 12.1 Å². The van der Waals surface area contributed by atoms with Gasteiger partial charge in [0.25, 0.3) is 0 Å². The largest absolute Gasteiger partial charge is 0.486 e. The predicted molar refractivity (Wildman–Crippen MR) is 123 cm³/mol. The first-order valence-electron chi connectivity index (χ1n) is 9.68. The summed E-state index contributed by atoms with van der Waals surface area (Å²) < 4.78 is 46.4. The molecule has 0 bridgehead atoms. The van der Waals surface area contributed by atoms with Gasteiger partial charge < -0.3 is 4.74 Å². The number of halogens is 5. The maximum Gasteiger partial charge on any atom is 0.416 e. The van der Waals surface area contributed by atoms with Crippen molar-refractivity contribution in [3.63, 3.8) is 0 Å². The fourth-order valence-electron chi connectivity index (χ4n) is 3.01. The lowest BCUT2D eigenvalue weighted by molar-refractivity contribution is -0.137. The van der Waals surface area contributed by atoms with Gasteiger partial charge in [-0.25, -0.2) is 0 Å². The first kappa shape index (κ1) is 23.5. The summed E-state index contributed by atoms with van der Waals surface area (Å²) in [4.78, 5) is 0. The van der Waals surface area contributed by atoms with Crippen molar-refractivity contribution in [1.29, 1.82) is 0 Å². The lowest BCUT2D eigenvalue weighted by Crippen LogP contribution is -2.08. The Hall–Kier alpha value is -2.68. The molecular formula is C23H16Cl2F3N3OS. The Labute approximate surface area is 202 Å². The minimum atomic E-state index is -4.45. The summed E-state index contributed by atoms with van der Waals surface area (Å²) in [7, 11) is 0. The van der Waals surface area contributed by atoms with Crippen molar-refractivity contribution >= 4 is 35.0 Å². The summed E-state index contributed by atoms with van der Waals surface area (Å²) in [5.41, 5.74) is 0.908. The Kier molecular flexibility index (Phi) is 7.17. The molecule has 10 heteroatoms. The minimum absolute atomic E-state index is 0.0640. The summed E-state index contributed by atoms with van der Waals surface area (Å²) in [6, 6.07) is 19.4. The standard InChI is InChI=1S/C23H16Cl2F3N3OS/c24-17-10-9-15(20(25)12-17)14-33-22-30-29-21(31(22)18-6-2-1-3-7-18)13-32-19-8-4-5-16(11-19)23(26,27)28/h1-12H,13-14H2. The highest BCUT2D eigenvalue weighted by molar-refractivity contribution is 7.98. The first-order chi connectivity index (χ1) is 15.8. The number of ether oxygens (including phenoxy) is 1. The number of hydrogen-bond acceptors (Lipinski definition) is 4. The van der Waals surface area contributed by atoms with Crippen molar-refractivity contribution < 1.29 is 17.9 Å². The number of alkyl halides is 3. The second-order valence-electron chi connectivity index (χ2n) is 6.91. The van der Waals surface area contributed by atoms with Gasteiger partial charge in [0.05, 0.1) is 5.56 Å². The van der Waals surface area contributed by atoms with Crippen molar-refractivity contribution in [2.24, 2.45) is 0 Å². The van der Waals surface area contributed by atoms with Crippen molar-refractivity contribution in [3.8, 4) is 11.4 Å². The molecule has 1 heterocycles. The third kappa shape index (κ3) is 5.82. The van der Waals surface area contributed by atoms with Crippen molar-refractivity contribution in [2.45, 2.75) is 23.7 Å². The third-order valence-corrected chi connectivity index (χ3v) is 6.18. The second kappa shape index (κ2) is 10.1. The van der Waals surface area contributed by atoms with Crippen LogP contribution in [0.1, 0.15) is 17.0 Å². The molecule has 33 heavy (non-hydrogen) atoms. The van der Waals surface area contributed by atoms with Gasteiger partial charge in [0.2, 0.25) is 0 Å². The molecule has 0 atom stereocenters. The van der Waals surface area contributed by atoms with Crippen molar-refractivity contribution in [1.82, 2.24) is 14.8 Å². The van der Waals surface area contributed by atoms with Gasteiger partial charge in [-0.2, -0.15) is 13.2 Å². The fraction of sp³-hybridized carbons (Fsp3) is 0.130. The summed E-state index contributed by atoms with van der Waals surface area (Å²) in [5.74, 6) is 1.06. The molecule has 0 saturated carbocycles. The lowest BCUT2D eigenvalue weighted by Gasteiger charge is -2.12. The maximum atomic E-state index is 13.0. The van der Waals surface area contributed by atoms with E-state index in [0.29, 0.717) is 26.8 Å². The molecule has 0 unspecified atom stereocenters. The predicted octanol–water partition coefficient (Wildman–Crippen LogP) is 7.46. The molecule has 4 aromatic rings. The van der Waals surface area contributed by atoms with E-state index < -0.39 is 11.7 Å². The molecule has 170 valence electrons. The quantitative estimate of drug-likeness (QED) is 0.242. The fourth-order valence-corrected chi connectivity index (χ4v) is 4.54. The van der Waals surface area contributed by atoms with E-state index in [1.807, 2.05) is 41.0 Å². The van der Waals surface area contributed by atoms with Crippen LogP contribution < -0.4 is 4.74 Å². The van der Waals surface area contributed by atoms with Gasteiger partial charge >= 0.3 is 6.18 Å². The Morgan fingerprint density at radius 1 is 0.909 bits per heavy atom. The number of benzene rings is 3. The Morgan fingerprint density at radius 3 is 2.42 bits per heavy atom. The molecule has 0 spiro atoms. The van der Waals surface area contributed by atoms with Gasteiger partial charge in [-0.05, 0) is 48.0 Å². The van der Waals surface area contributed by atoms with Gasteiger partial charge in [0, 0.05) is 21.5 Å². The van der Waals surface area contributed by atoms with Crippen LogP contribution in [-0.2, 0) is 18.5 Å². The van der Waals surface area contributed by atoms with Crippen LogP contribution in [0.5, 0.6) is 5.75 Å². The topological polar surface area (TPSA) is 39.9 Å². The van der Waals surface area contributed by atoms with Crippen LogP contribution >= 0.6 is 35.0 Å². The Morgan fingerprint density at radius 2 is 1.70 bits per heavy atom. The number of nitrogens with zero attached hydrogens (tertiary/aromatic N) is 3. The molecule has 0 aliphatic carbocycles. The van der Waals surface area contributed by atoms with Crippen molar-refractivity contribution in [2.75, 3.05) is 0 Å². The zero-order valence-corrected chi connectivity index (χ0v) is 19.2. The first-order valence-corrected chi connectivity index (χ1v) is 11.4. The average Bonchev–Trinajstić information content (AvgIpc) is 3.20. The third-order valence-electron chi connectivity index (χ3n) is 4.62. The monoisotopic (exact) mass is 509 g/mol. The van der Waals surface area contributed by atoms with Crippen LogP contribution in [-0.4, -0.2) is 14.8 Å². The van der Waals surface area contributed by atoms with Crippen LogP contribution in [0.3, 0.4) is 0 Å². The normalized spacial score (nSPS) is 11.5. The zero-order valence-electron chi connectivity index (χ0n) is 16.9. The number of para-hydroxylation sites is 1. The number of aromatic nitrogens is 3. The van der Waals surface area contributed by atoms with E-state index in [1.165, 1.54) is 23.9 Å². The van der Waals surface area contributed by atoms with Crippen LogP contribution in [0, 0.1) is 0 Å². The highest BCUT2D eigenvalue weighted by Crippen LogP contribution is 2.32. The van der Waals surface area contributed by atoms with Gasteiger partial charge in [0.1, 0.15) is 12.4 Å². The summed E-state index contributed by atoms with van der Waals surface area (Å²) in [6.45, 7) is -0.0640. The highest BCUT2D eigenvalue weighted by atomic mass is 35.5. The molecular weight excluding hydrogens is 494 g/mol.